The smallest absolute Gasteiger partial charge is 0.333 e. The van der Waals surface area contributed by atoms with Crippen molar-refractivity contribution in [3.05, 3.63) is 70.1 Å². The Kier molecular flexibility index (Phi) is 7.30. The van der Waals surface area contributed by atoms with Gasteiger partial charge in [-0.15, -0.1) is 23.7 Å². The number of nitrogens with one attached hydrogen (secondary N) is 1. The maximum absolute atomic E-state index is 13.2. The molecule has 11 heteroatoms. The minimum atomic E-state index is -5.01. The van der Waals surface area contributed by atoms with E-state index in [-0.39, 0.29) is 25.0 Å². The van der Waals surface area contributed by atoms with Crippen LogP contribution in [-0.2, 0) is 18.8 Å². The number of hydrogen-bond donors (Lipinski definition) is 1. The van der Waals surface area contributed by atoms with Crippen LogP contribution in [0.1, 0.15) is 27.0 Å². The molecule has 4 rings (SSSR count). The van der Waals surface area contributed by atoms with Crippen LogP contribution in [0.15, 0.2) is 47.8 Å². The van der Waals surface area contributed by atoms with Gasteiger partial charge in [-0.3, -0.25) is 4.79 Å². The van der Waals surface area contributed by atoms with E-state index in [1.165, 1.54) is 4.90 Å². The van der Waals surface area contributed by atoms with Gasteiger partial charge in [-0.2, -0.15) is 26.3 Å². The van der Waals surface area contributed by atoms with Crippen LogP contribution in [0.5, 0.6) is 0 Å². The van der Waals surface area contributed by atoms with Gasteiger partial charge in [0.15, 0.2) is 0 Å². The van der Waals surface area contributed by atoms with Crippen LogP contribution < -0.4 is 5.32 Å². The van der Waals surface area contributed by atoms with Crippen LogP contribution in [0.3, 0.4) is 0 Å². The van der Waals surface area contributed by atoms with Gasteiger partial charge in [0.25, 0.3) is 5.91 Å². The average Bonchev–Trinajstić information content (AvgIpc) is 3.15. The summed E-state index contributed by atoms with van der Waals surface area (Å²) in [4.78, 5) is 14.5. The third-order valence-corrected chi connectivity index (χ3v) is 6.47. The Morgan fingerprint density at radius 2 is 1.67 bits per heavy atom. The lowest BCUT2D eigenvalue weighted by molar-refractivity contribution is -0.143. The monoisotopic (exact) mass is 508 g/mol. The number of nitrogens with zero attached hydrogens (tertiary/aromatic N) is 1. The first kappa shape index (κ1) is 25.3. The van der Waals surface area contributed by atoms with Crippen molar-refractivity contribution in [1.29, 1.82) is 0 Å². The summed E-state index contributed by atoms with van der Waals surface area (Å²) in [5, 5.41) is 6.14. The SMILES string of the molecule is Cl.O=C(c1cc(C(F)(F)F)cc(C(F)(F)F)c1)N1CCNC[C@H]1Cc1csc2ccccc12. The molecule has 0 aliphatic carbocycles. The van der Waals surface area contributed by atoms with E-state index >= 15 is 0 Å². The highest BCUT2D eigenvalue weighted by molar-refractivity contribution is 7.17. The van der Waals surface area contributed by atoms with Gasteiger partial charge < -0.3 is 10.2 Å². The molecule has 1 saturated heterocycles. The molecular formula is C22H19ClF6N2OS. The van der Waals surface area contributed by atoms with Gasteiger partial charge in [-0.05, 0) is 47.0 Å². The molecule has 1 aliphatic rings. The highest BCUT2D eigenvalue weighted by atomic mass is 35.5. The number of hydrogen-bond acceptors (Lipinski definition) is 3. The van der Waals surface area contributed by atoms with E-state index in [4.69, 9.17) is 0 Å². The van der Waals surface area contributed by atoms with E-state index in [0.717, 1.165) is 15.6 Å². The van der Waals surface area contributed by atoms with Gasteiger partial charge in [0.1, 0.15) is 0 Å². The number of carbonyl (C=O) groups is 1. The van der Waals surface area contributed by atoms with Gasteiger partial charge in [0.05, 0.1) is 11.1 Å². The van der Waals surface area contributed by atoms with Crippen LogP contribution in [0.4, 0.5) is 26.3 Å². The number of thiophene rings is 1. The number of halogens is 7. The Morgan fingerprint density at radius 3 is 2.30 bits per heavy atom. The molecule has 178 valence electrons. The summed E-state index contributed by atoms with van der Waals surface area (Å²) >= 11 is 1.54. The summed E-state index contributed by atoms with van der Waals surface area (Å²) in [7, 11) is 0. The number of amides is 1. The highest BCUT2D eigenvalue weighted by Crippen LogP contribution is 2.37. The van der Waals surface area contributed by atoms with Gasteiger partial charge in [0, 0.05) is 35.9 Å². The fraction of sp³-hybridized carbons (Fsp3) is 0.318. The lowest BCUT2D eigenvalue weighted by Crippen LogP contribution is -2.54. The normalized spacial score (nSPS) is 17.2. The van der Waals surface area contributed by atoms with Crippen molar-refractivity contribution in [3.8, 4) is 0 Å². The van der Waals surface area contributed by atoms with Crippen molar-refractivity contribution in [2.24, 2.45) is 0 Å². The number of carbonyl (C=O) groups excluding carboxylic acids is 1. The topological polar surface area (TPSA) is 32.3 Å². The molecule has 1 N–H and O–H groups in total. The van der Waals surface area contributed by atoms with Crippen molar-refractivity contribution >= 4 is 39.7 Å². The molecule has 0 radical (unpaired) electrons. The summed E-state index contributed by atoms with van der Waals surface area (Å²) in [5.74, 6) is -0.840. The van der Waals surface area contributed by atoms with E-state index in [1.807, 2.05) is 29.6 Å². The number of alkyl halides is 6. The summed E-state index contributed by atoms with van der Waals surface area (Å²) in [5.41, 5.74) is -2.62. The van der Waals surface area contributed by atoms with Crippen molar-refractivity contribution in [3.63, 3.8) is 0 Å². The first-order chi connectivity index (χ1) is 15.0. The lowest BCUT2D eigenvalue weighted by atomic mass is 9.99. The highest BCUT2D eigenvalue weighted by Gasteiger charge is 2.38. The van der Waals surface area contributed by atoms with E-state index in [0.29, 0.717) is 31.6 Å². The van der Waals surface area contributed by atoms with Gasteiger partial charge in [0.2, 0.25) is 0 Å². The predicted molar refractivity (Wildman–Crippen MR) is 117 cm³/mol. The van der Waals surface area contributed by atoms with Gasteiger partial charge >= 0.3 is 12.4 Å². The summed E-state index contributed by atoms with van der Waals surface area (Å²) in [6.07, 6.45) is -9.57. The van der Waals surface area contributed by atoms with Gasteiger partial charge in [-0.1, -0.05) is 18.2 Å². The van der Waals surface area contributed by atoms with Crippen LogP contribution in [0, 0.1) is 0 Å². The Hall–Kier alpha value is -2.30. The Bertz CT molecular complexity index is 1110. The maximum Gasteiger partial charge on any atom is 0.416 e. The quantitative estimate of drug-likeness (QED) is 0.439. The molecule has 0 unspecified atom stereocenters. The third-order valence-electron chi connectivity index (χ3n) is 5.46. The Labute approximate surface area is 195 Å². The zero-order valence-corrected chi connectivity index (χ0v) is 18.6. The van der Waals surface area contributed by atoms with E-state index in [2.05, 4.69) is 5.32 Å². The molecule has 33 heavy (non-hydrogen) atoms. The summed E-state index contributed by atoms with van der Waals surface area (Å²) in [6, 6.07) is 8.34. The molecular weight excluding hydrogens is 490 g/mol. The molecule has 1 fully saturated rings. The molecule has 3 nitrogen and oxygen atoms in total. The molecule has 0 bridgehead atoms. The second kappa shape index (κ2) is 9.52. The minimum absolute atomic E-state index is 0. The first-order valence-electron chi connectivity index (χ1n) is 9.80. The number of rotatable bonds is 3. The molecule has 0 saturated carbocycles. The Balaban J connectivity index is 0.00000306. The van der Waals surface area contributed by atoms with E-state index in [9.17, 15) is 31.1 Å². The number of piperazine rings is 1. The third kappa shape index (κ3) is 5.44. The minimum Gasteiger partial charge on any atom is -0.333 e. The molecule has 1 atom stereocenters. The average molecular weight is 509 g/mol. The summed E-state index contributed by atoms with van der Waals surface area (Å²) in [6.45, 7) is 0.974. The lowest BCUT2D eigenvalue weighted by Gasteiger charge is -2.36. The molecule has 3 aromatic rings. The molecule has 1 amide bonds. The summed E-state index contributed by atoms with van der Waals surface area (Å²) < 4.78 is 80.4. The predicted octanol–water partition coefficient (Wildman–Crippen LogP) is 6.02. The molecule has 1 aromatic heterocycles. The second-order valence-electron chi connectivity index (χ2n) is 7.61. The van der Waals surface area contributed by atoms with Crippen molar-refractivity contribution in [2.75, 3.05) is 19.6 Å². The zero-order chi connectivity index (χ0) is 23.1. The Morgan fingerprint density at radius 1 is 1.03 bits per heavy atom. The van der Waals surface area contributed by atoms with Crippen LogP contribution in [0.2, 0.25) is 0 Å². The van der Waals surface area contributed by atoms with Crippen molar-refractivity contribution < 1.29 is 31.1 Å². The molecule has 0 spiro atoms. The van der Waals surface area contributed by atoms with Crippen LogP contribution >= 0.6 is 23.7 Å². The first-order valence-corrected chi connectivity index (χ1v) is 10.7. The largest absolute Gasteiger partial charge is 0.416 e. The van der Waals surface area contributed by atoms with E-state index < -0.39 is 41.0 Å². The standard InChI is InChI=1S/C22H18F6N2OS.ClH/c23-21(24,25)15-7-13(8-16(10-15)22(26,27)28)20(31)30-6-5-29-11-17(30)9-14-12-32-19-4-2-1-3-18(14)19;/h1-4,7-8,10,12,17,29H,5-6,9,11H2;1H/t17-;/m1./s1. The molecule has 2 aromatic carbocycles. The zero-order valence-electron chi connectivity index (χ0n) is 17.0. The van der Waals surface area contributed by atoms with Gasteiger partial charge in [-0.25, -0.2) is 0 Å². The second-order valence-corrected chi connectivity index (χ2v) is 8.52. The number of benzene rings is 2. The van der Waals surface area contributed by atoms with Crippen LogP contribution in [-0.4, -0.2) is 36.5 Å². The fourth-order valence-electron chi connectivity index (χ4n) is 3.90. The van der Waals surface area contributed by atoms with Crippen LogP contribution in [0.25, 0.3) is 10.1 Å². The molecule has 1 aliphatic heterocycles. The van der Waals surface area contributed by atoms with Crippen molar-refractivity contribution in [1.82, 2.24) is 10.2 Å². The van der Waals surface area contributed by atoms with Crippen molar-refractivity contribution in [2.45, 2.75) is 24.8 Å². The number of fused-ring (bicyclic) bond motifs is 1. The molecule has 2 heterocycles. The van der Waals surface area contributed by atoms with E-state index in [1.54, 1.807) is 11.3 Å². The maximum atomic E-state index is 13.2. The fourth-order valence-corrected chi connectivity index (χ4v) is 4.88.